The highest BCUT2D eigenvalue weighted by Crippen LogP contribution is 2.19. The molecule has 0 N–H and O–H groups in total. The lowest BCUT2D eigenvalue weighted by Gasteiger charge is -2.20. The smallest absolute Gasteiger partial charge is 0.183 e. The summed E-state index contributed by atoms with van der Waals surface area (Å²) in [5.41, 5.74) is 0. The molecule has 92 valence electrons. The highest BCUT2D eigenvalue weighted by Gasteiger charge is 2.07. The van der Waals surface area contributed by atoms with E-state index < -0.39 is 0 Å². The van der Waals surface area contributed by atoms with Crippen molar-refractivity contribution in [3.8, 4) is 0 Å². The van der Waals surface area contributed by atoms with Gasteiger partial charge in [-0.1, -0.05) is 38.3 Å². The first-order valence-electron chi connectivity index (χ1n) is 6.08. The van der Waals surface area contributed by atoms with Gasteiger partial charge < -0.3 is 0 Å². The molecule has 0 amide bonds. The van der Waals surface area contributed by atoms with Crippen LogP contribution in [0.4, 0.5) is 0 Å². The molecule has 0 aliphatic rings. The Morgan fingerprint density at radius 1 is 1.25 bits per heavy atom. The van der Waals surface area contributed by atoms with Crippen molar-refractivity contribution in [1.82, 2.24) is 9.88 Å². The number of halogens is 1. The number of nitrogens with zero attached hydrogens (tertiary/aromatic N) is 2. The Hall–Kier alpha value is -0.120. The van der Waals surface area contributed by atoms with Gasteiger partial charge in [-0.25, -0.2) is 4.98 Å². The van der Waals surface area contributed by atoms with Crippen LogP contribution in [-0.4, -0.2) is 23.0 Å². The molecular formula is C12H21ClN2S. The first-order chi connectivity index (χ1) is 7.76. The van der Waals surface area contributed by atoms with Crippen LogP contribution >= 0.6 is 22.9 Å². The molecule has 0 spiro atoms. The second-order valence-corrected chi connectivity index (χ2v) is 5.76. The Morgan fingerprint density at radius 3 is 2.31 bits per heavy atom. The van der Waals surface area contributed by atoms with Crippen molar-refractivity contribution in [1.29, 1.82) is 0 Å². The monoisotopic (exact) mass is 260 g/mol. The molecule has 0 saturated carbocycles. The summed E-state index contributed by atoms with van der Waals surface area (Å²) in [6, 6.07) is 0. The van der Waals surface area contributed by atoms with Crippen LogP contribution in [0, 0.1) is 0 Å². The molecule has 1 aromatic heterocycles. The predicted molar refractivity (Wildman–Crippen MR) is 72.2 cm³/mol. The van der Waals surface area contributed by atoms with Crippen molar-refractivity contribution in [3.05, 3.63) is 15.5 Å². The van der Waals surface area contributed by atoms with Crippen LogP contribution in [0.25, 0.3) is 0 Å². The number of thiazole rings is 1. The highest BCUT2D eigenvalue weighted by molar-refractivity contribution is 7.15. The molecule has 1 heterocycles. The molecule has 0 aromatic carbocycles. The van der Waals surface area contributed by atoms with Crippen molar-refractivity contribution >= 4 is 22.9 Å². The van der Waals surface area contributed by atoms with Gasteiger partial charge in [0, 0.05) is 17.6 Å². The van der Waals surface area contributed by atoms with Crippen LogP contribution < -0.4 is 0 Å². The summed E-state index contributed by atoms with van der Waals surface area (Å²) in [5.74, 6) is 0. The fourth-order valence-corrected chi connectivity index (χ4v) is 2.63. The number of hydrogen-bond donors (Lipinski definition) is 0. The van der Waals surface area contributed by atoms with Crippen LogP contribution in [0.15, 0.2) is 6.20 Å². The van der Waals surface area contributed by atoms with Crippen LogP contribution in [0.5, 0.6) is 0 Å². The van der Waals surface area contributed by atoms with Crippen molar-refractivity contribution in [3.63, 3.8) is 0 Å². The molecule has 0 saturated heterocycles. The van der Waals surface area contributed by atoms with Crippen molar-refractivity contribution < 1.29 is 0 Å². The number of hydrogen-bond acceptors (Lipinski definition) is 3. The molecule has 0 aliphatic carbocycles. The molecule has 0 fully saturated rings. The second-order valence-electron chi connectivity index (χ2n) is 4.06. The minimum atomic E-state index is 0.654. The van der Waals surface area contributed by atoms with Gasteiger partial charge in [0.2, 0.25) is 0 Å². The lowest BCUT2D eigenvalue weighted by Crippen LogP contribution is -2.25. The third-order valence-corrected chi connectivity index (χ3v) is 3.66. The number of rotatable bonds is 8. The van der Waals surface area contributed by atoms with E-state index in [1.54, 1.807) is 11.3 Å². The van der Waals surface area contributed by atoms with Gasteiger partial charge in [0.05, 0.1) is 0 Å². The van der Waals surface area contributed by atoms with Crippen LogP contribution in [0.3, 0.4) is 0 Å². The summed E-state index contributed by atoms with van der Waals surface area (Å²) >= 11 is 7.44. The number of unbranched alkanes of at least 4 members (excludes halogenated alkanes) is 2. The summed E-state index contributed by atoms with van der Waals surface area (Å²) in [4.78, 5) is 7.87. The zero-order chi connectivity index (χ0) is 11.8. The van der Waals surface area contributed by atoms with E-state index >= 15 is 0 Å². The Kier molecular flexibility index (Phi) is 7.01. The molecule has 16 heavy (non-hydrogen) atoms. The summed E-state index contributed by atoms with van der Waals surface area (Å²) in [6.07, 6.45) is 6.96. The van der Waals surface area contributed by atoms with Gasteiger partial charge in [-0.3, -0.25) is 4.90 Å². The van der Waals surface area contributed by atoms with E-state index in [-0.39, 0.29) is 0 Å². The molecule has 1 rings (SSSR count). The Labute approximate surface area is 108 Å². The Bertz CT molecular complexity index is 280. The summed E-state index contributed by atoms with van der Waals surface area (Å²) < 4.78 is 0.654. The zero-order valence-electron chi connectivity index (χ0n) is 10.2. The summed E-state index contributed by atoms with van der Waals surface area (Å²) in [6.45, 7) is 7.85. The fraction of sp³-hybridized carbons (Fsp3) is 0.750. The summed E-state index contributed by atoms with van der Waals surface area (Å²) in [7, 11) is 0. The lowest BCUT2D eigenvalue weighted by atomic mass is 10.2. The lowest BCUT2D eigenvalue weighted by molar-refractivity contribution is 0.259. The minimum Gasteiger partial charge on any atom is -0.298 e. The van der Waals surface area contributed by atoms with E-state index in [0.29, 0.717) is 4.47 Å². The maximum Gasteiger partial charge on any atom is 0.183 e. The first-order valence-corrected chi connectivity index (χ1v) is 7.28. The van der Waals surface area contributed by atoms with Crippen molar-refractivity contribution in [2.24, 2.45) is 0 Å². The van der Waals surface area contributed by atoms with Gasteiger partial charge in [0.25, 0.3) is 0 Å². The molecule has 1 aromatic rings. The SMILES string of the molecule is CCCCN(CCCC)Cc1cnc(Cl)s1. The Morgan fingerprint density at radius 2 is 1.88 bits per heavy atom. The Balaban J connectivity index is 2.41. The van der Waals surface area contributed by atoms with E-state index in [1.807, 2.05) is 6.20 Å². The predicted octanol–water partition coefficient (Wildman–Crippen LogP) is 4.20. The van der Waals surface area contributed by atoms with Gasteiger partial charge in [0.15, 0.2) is 4.47 Å². The zero-order valence-corrected chi connectivity index (χ0v) is 11.8. The largest absolute Gasteiger partial charge is 0.298 e. The molecule has 0 bridgehead atoms. The van der Waals surface area contributed by atoms with Gasteiger partial charge >= 0.3 is 0 Å². The van der Waals surface area contributed by atoms with Crippen molar-refractivity contribution in [2.45, 2.75) is 46.1 Å². The summed E-state index contributed by atoms with van der Waals surface area (Å²) in [5, 5.41) is 0. The quantitative estimate of drug-likeness (QED) is 0.697. The van der Waals surface area contributed by atoms with Crippen LogP contribution in [-0.2, 0) is 6.54 Å². The fourth-order valence-electron chi connectivity index (χ4n) is 1.61. The molecule has 4 heteroatoms. The van der Waals surface area contributed by atoms with Gasteiger partial charge in [-0.05, 0) is 25.9 Å². The standard InChI is InChI=1S/C12H21ClN2S/c1-3-5-7-15(8-6-4-2)10-11-9-14-12(13)16-11/h9H,3-8,10H2,1-2H3. The average Bonchev–Trinajstić information content (AvgIpc) is 2.68. The first kappa shape index (κ1) is 13.9. The molecule has 0 aliphatic heterocycles. The van der Waals surface area contributed by atoms with E-state index in [0.717, 1.165) is 6.54 Å². The molecule has 0 unspecified atom stereocenters. The van der Waals surface area contributed by atoms with E-state index in [4.69, 9.17) is 11.6 Å². The van der Waals surface area contributed by atoms with Crippen LogP contribution in [0.1, 0.15) is 44.4 Å². The normalized spacial score (nSPS) is 11.2. The molecule has 2 nitrogen and oxygen atoms in total. The maximum absolute atomic E-state index is 5.84. The molecular weight excluding hydrogens is 240 g/mol. The topological polar surface area (TPSA) is 16.1 Å². The molecule has 0 radical (unpaired) electrons. The van der Waals surface area contributed by atoms with Crippen molar-refractivity contribution in [2.75, 3.05) is 13.1 Å². The van der Waals surface area contributed by atoms with Gasteiger partial charge in [0.1, 0.15) is 0 Å². The third-order valence-electron chi connectivity index (χ3n) is 2.56. The number of aromatic nitrogens is 1. The second kappa shape index (κ2) is 8.04. The van der Waals surface area contributed by atoms with Crippen LogP contribution in [0.2, 0.25) is 4.47 Å². The van der Waals surface area contributed by atoms with E-state index in [2.05, 4.69) is 23.7 Å². The third kappa shape index (κ3) is 5.28. The van der Waals surface area contributed by atoms with E-state index in [9.17, 15) is 0 Å². The van der Waals surface area contributed by atoms with Gasteiger partial charge in [-0.2, -0.15) is 0 Å². The minimum absolute atomic E-state index is 0.654. The van der Waals surface area contributed by atoms with Gasteiger partial charge in [-0.15, -0.1) is 11.3 Å². The maximum atomic E-state index is 5.84. The highest BCUT2D eigenvalue weighted by atomic mass is 35.5. The average molecular weight is 261 g/mol. The molecule has 0 atom stereocenters. The van der Waals surface area contributed by atoms with E-state index in [1.165, 1.54) is 43.6 Å².